The van der Waals surface area contributed by atoms with Crippen LogP contribution in [0.25, 0.3) is 10.9 Å². The Morgan fingerprint density at radius 2 is 2.06 bits per heavy atom. The normalized spacial score (nSPS) is 12.0. The Morgan fingerprint density at radius 3 is 2.69 bits per heavy atom. The summed E-state index contributed by atoms with van der Waals surface area (Å²) in [6, 6.07) is 5.44. The van der Waals surface area contributed by atoms with Crippen molar-refractivity contribution >= 4 is 10.9 Å². The molecule has 0 radical (unpaired) electrons. The minimum Gasteiger partial charge on any atom is -0.383 e. The van der Waals surface area contributed by atoms with Crippen LogP contribution in [0.3, 0.4) is 0 Å². The highest BCUT2D eigenvalue weighted by molar-refractivity contribution is 5.78. The number of aromatic amines is 1. The third kappa shape index (κ3) is 1.84. The van der Waals surface area contributed by atoms with E-state index in [1.54, 1.807) is 19.9 Å². The lowest BCUT2D eigenvalue weighted by Gasteiger charge is -2.16. The number of aliphatic hydroxyl groups is 1. The summed E-state index contributed by atoms with van der Waals surface area (Å²) < 4.78 is 0. The van der Waals surface area contributed by atoms with Crippen molar-refractivity contribution in [1.82, 2.24) is 9.97 Å². The summed E-state index contributed by atoms with van der Waals surface area (Å²) in [5.74, 6) is 0.288. The Morgan fingerprint density at radius 1 is 1.38 bits per heavy atom. The molecule has 0 saturated carbocycles. The molecule has 2 aromatic rings. The Labute approximate surface area is 93.0 Å². The van der Waals surface area contributed by atoms with Crippen LogP contribution < -0.4 is 5.56 Å². The monoisotopic (exact) mass is 218 g/mol. The largest absolute Gasteiger partial charge is 0.383 e. The minimum absolute atomic E-state index is 0.220. The SMILES string of the molecule is Cc1ccc2c(=O)[nH]c(C(C)(C)O)nc2c1. The molecular weight excluding hydrogens is 204 g/mol. The molecule has 16 heavy (non-hydrogen) atoms. The van der Waals surface area contributed by atoms with E-state index in [4.69, 9.17) is 0 Å². The zero-order valence-corrected chi connectivity index (χ0v) is 9.53. The molecule has 4 heteroatoms. The third-order valence-electron chi connectivity index (χ3n) is 2.44. The fraction of sp³-hybridized carbons (Fsp3) is 0.333. The number of benzene rings is 1. The van der Waals surface area contributed by atoms with Gasteiger partial charge in [-0.05, 0) is 38.5 Å². The Bertz CT molecular complexity index is 594. The number of hydrogen-bond donors (Lipinski definition) is 2. The number of H-pyrrole nitrogens is 1. The fourth-order valence-electron chi connectivity index (χ4n) is 1.54. The van der Waals surface area contributed by atoms with Gasteiger partial charge in [0, 0.05) is 0 Å². The van der Waals surface area contributed by atoms with Gasteiger partial charge in [0.2, 0.25) is 0 Å². The van der Waals surface area contributed by atoms with E-state index in [2.05, 4.69) is 9.97 Å². The van der Waals surface area contributed by atoms with Crippen LogP contribution in [0.1, 0.15) is 25.2 Å². The van der Waals surface area contributed by atoms with Crippen LogP contribution in [0.15, 0.2) is 23.0 Å². The highest BCUT2D eigenvalue weighted by atomic mass is 16.3. The van der Waals surface area contributed by atoms with E-state index in [9.17, 15) is 9.90 Å². The predicted molar refractivity (Wildman–Crippen MR) is 62.3 cm³/mol. The number of nitrogens with zero attached hydrogens (tertiary/aromatic N) is 1. The molecule has 0 spiro atoms. The summed E-state index contributed by atoms with van der Waals surface area (Å²) in [7, 11) is 0. The number of aryl methyl sites for hydroxylation is 1. The summed E-state index contributed by atoms with van der Waals surface area (Å²) >= 11 is 0. The number of hydrogen-bond acceptors (Lipinski definition) is 3. The Balaban J connectivity index is 2.80. The third-order valence-corrected chi connectivity index (χ3v) is 2.44. The van der Waals surface area contributed by atoms with Gasteiger partial charge in [-0.1, -0.05) is 6.07 Å². The Hall–Kier alpha value is -1.68. The van der Waals surface area contributed by atoms with E-state index in [1.165, 1.54) is 0 Å². The second-order valence-corrected chi connectivity index (χ2v) is 4.49. The van der Waals surface area contributed by atoms with Crippen molar-refractivity contribution in [2.24, 2.45) is 0 Å². The molecule has 0 atom stereocenters. The molecule has 1 aromatic heterocycles. The quantitative estimate of drug-likeness (QED) is 0.761. The molecule has 4 nitrogen and oxygen atoms in total. The fourth-order valence-corrected chi connectivity index (χ4v) is 1.54. The maximum atomic E-state index is 11.8. The van der Waals surface area contributed by atoms with Crippen molar-refractivity contribution in [2.75, 3.05) is 0 Å². The molecule has 1 aromatic carbocycles. The van der Waals surface area contributed by atoms with Gasteiger partial charge in [-0.25, -0.2) is 4.98 Å². The van der Waals surface area contributed by atoms with Crippen molar-refractivity contribution in [3.8, 4) is 0 Å². The smallest absolute Gasteiger partial charge is 0.258 e. The summed E-state index contributed by atoms with van der Waals surface area (Å²) in [5.41, 5.74) is 0.284. The molecule has 0 aliphatic heterocycles. The molecular formula is C12H14N2O2. The van der Waals surface area contributed by atoms with Gasteiger partial charge in [0.25, 0.3) is 5.56 Å². The van der Waals surface area contributed by atoms with Crippen molar-refractivity contribution in [2.45, 2.75) is 26.4 Å². The molecule has 0 fully saturated rings. The van der Waals surface area contributed by atoms with Gasteiger partial charge in [-0.15, -0.1) is 0 Å². The number of fused-ring (bicyclic) bond motifs is 1. The lowest BCUT2D eigenvalue weighted by atomic mass is 10.1. The second-order valence-electron chi connectivity index (χ2n) is 4.49. The minimum atomic E-state index is -1.14. The van der Waals surface area contributed by atoms with Crippen LogP contribution in [-0.4, -0.2) is 15.1 Å². The van der Waals surface area contributed by atoms with Crippen molar-refractivity contribution in [1.29, 1.82) is 0 Å². The summed E-state index contributed by atoms with van der Waals surface area (Å²) in [6.45, 7) is 5.12. The van der Waals surface area contributed by atoms with Crippen molar-refractivity contribution in [3.63, 3.8) is 0 Å². The maximum Gasteiger partial charge on any atom is 0.258 e. The lowest BCUT2D eigenvalue weighted by molar-refractivity contribution is 0.0688. The standard InChI is InChI=1S/C12H14N2O2/c1-7-4-5-8-9(6-7)13-11(12(2,3)16)14-10(8)15/h4-6,16H,1-3H3,(H,13,14,15). The molecule has 1 heterocycles. The van der Waals surface area contributed by atoms with Gasteiger partial charge in [0.15, 0.2) is 0 Å². The molecule has 0 aliphatic rings. The van der Waals surface area contributed by atoms with E-state index < -0.39 is 5.60 Å². The number of aromatic nitrogens is 2. The summed E-state index contributed by atoms with van der Waals surface area (Å²) in [6.07, 6.45) is 0. The predicted octanol–water partition coefficient (Wildman–Crippen LogP) is 1.46. The van der Waals surface area contributed by atoms with E-state index >= 15 is 0 Å². The average Bonchev–Trinajstić information content (AvgIpc) is 2.15. The van der Waals surface area contributed by atoms with Crippen LogP contribution >= 0.6 is 0 Å². The molecule has 0 unspecified atom stereocenters. The van der Waals surface area contributed by atoms with Crippen molar-refractivity contribution in [3.05, 3.63) is 39.9 Å². The van der Waals surface area contributed by atoms with Crippen LogP contribution in [0, 0.1) is 6.92 Å². The van der Waals surface area contributed by atoms with Crippen molar-refractivity contribution < 1.29 is 5.11 Å². The first-order valence-electron chi connectivity index (χ1n) is 5.11. The zero-order valence-electron chi connectivity index (χ0n) is 9.53. The average molecular weight is 218 g/mol. The van der Waals surface area contributed by atoms with E-state index in [1.807, 2.05) is 19.1 Å². The first-order valence-corrected chi connectivity index (χ1v) is 5.11. The molecule has 0 aliphatic carbocycles. The summed E-state index contributed by atoms with van der Waals surface area (Å²) in [5, 5.41) is 10.3. The van der Waals surface area contributed by atoms with Gasteiger partial charge in [-0.2, -0.15) is 0 Å². The second kappa shape index (κ2) is 3.42. The van der Waals surface area contributed by atoms with E-state index in [-0.39, 0.29) is 11.4 Å². The van der Waals surface area contributed by atoms with Gasteiger partial charge in [0.1, 0.15) is 11.4 Å². The van der Waals surface area contributed by atoms with Gasteiger partial charge >= 0.3 is 0 Å². The highest BCUT2D eigenvalue weighted by Gasteiger charge is 2.19. The van der Waals surface area contributed by atoms with E-state index in [0.29, 0.717) is 10.9 Å². The molecule has 84 valence electrons. The van der Waals surface area contributed by atoms with Crippen LogP contribution in [0.4, 0.5) is 0 Å². The van der Waals surface area contributed by atoms with Crippen LogP contribution in [-0.2, 0) is 5.60 Å². The van der Waals surface area contributed by atoms with Crippen LogP contribution in [0.5, 0.6) is 0 Å². The molecule has 2 N–H and O–H groups in total. The first kappa shape index (κ1) is 10.8. The molecule has 0 bridgehead atoms. The molecule has 0 saturated heterocycles. The number of nitrogens with one attached hydrogen (secondary N) is 1. The lowest BCUT2D eigenvalue weighted by Crippen LogP contribution is -2.24. The van der Waals surface area contributed by atoms with Gasteiger partial charge in [-0.3, -0.25) is 4.79 Å². The Kier molecular flexibility index (Phi) is 2.31. The molecule has 2 rings (SSSR count). The molecule has 0 amide bonds. The number of rotatable bonds is 1. The van der Waals surface area contributed by atoms with Gasteiger partial charge in [0.05, 0.1) is 10.9 Å². The van der Waals surface area contributed by atoms with Crippen LogP contribution in [0.2, 0.25) is 0 Å². The van der Waals surface area contributed by atoms with Gasteiger partial charge < -0.3 is 10.1 Å². The summed E-state index contributed by atoms with van der Waals surface area (Å²) in [4.78, 5) is 18.6. The van der Waals surface area contributed by atoms with E-state index in [0.717, 1.165) is 5.56 Å². The first-order chi connectivity index (χ1) is 7.38. The zero-order chi connectivity index (χ0) is 11.9. The maximum absolute atomic E-state index is 11.8. The highest BCUT2D eigenvalue weighted by Crippen LogP contribution is 2.16. The topological polar surface area (TPSA) is 66.0 Å².